The third-order valence-corrected chi connectivity index (χ3v) is 24.5. The highest BCUT2D eigenvalue weighted by molar-refractivity contribution is 7.13. The SMILES string of the molecule is C.C.C.C.C.C.CC(C)c1ccc2c(c1)CCN2C(=O)N(C)C.CC(C)c1ccc2c(n1)CCN2C.CCc1cn(-c2ccc(C(C)C)c3c2[Si](C)(C)CC3)cn1.CCc1cn(-c2ccc(C(C)C)c3cnsc23)cn1.Cc1ncn(-c2ccc(C(C)C)c3cnoc23)n1.Cc1ncn(-c2ccc(C(C)C)c3ncoc23)n1. The Bertz CT molecular complexity index is 5030. The number of nitrogens with zero attached hydrogens (tertiary/aromatic N) is 17. The van der Waals surface area contributed by atoms with Crippen molar-refractivity contribution in [3.05, 3.63) is 209 Å². The van der Waals surface area contributed by atoms with Crippen LogP contribution >= 0.6 is 11.5 Å². The molecule has 112 heavy (non-hydrogen) atoms. The van der Waals surface area contributed by atoms with Crippen LogP contribution in [0, 0.1) is 13.8 Å². The number of pyridine rings is 1. The number of oxazole rings is 1. The van der Waals surface area contributed by atoms with E-state index in [-0.39, 0.29) is 50.6 Å². The molecular weight excluding hydrogens is 1430 g/mol. The van der Waals surface area contributed by atoms with Crippen LogP contribution in [0.15, 0.2) is 144 Å². The number of aryl methyl sites for hydroxylation is 4. The zero-order valence-corrected chi connectivity index (χ0v) is 67.9. The van der Waals surface area contributed by atoms with Crippen LogP contribution in [-0.2, 0) is 32.1 Å². The number of carbonyl (C=O) groups excluding carboxylic acids is 1. The van der Waals surface area contributed by atoms with Crippen LogP contribution in [-0.4, -0.2) is 121 Å². The molecule has 22 heteroatoms. The van der Waals surface area contributed by atoms with Crippen molar-refractivity contribution in [3.63, 3.8) is 0 Å². The third-order valence-electron chi connectivity index (χ3n) is 20.3. The highest BCUT2D eigenvalue weighted by Crippen LogP contribution is 2.37. The number of likely N-dealkylation sites (N-methyl/N-ethyl adjacent to an activating group) is 1. The number of carbonyl (C=O) groups is 1. The van der Waals surface area contributed by atoms with Crippen molar-refractivity contribution >= 4 is 74.4 Å². The Hall–Kier alpha value is -9.93. The number of hydrogen-bond acceptors (Lipinski definition) is 15. The summed E-state index contributed by atoms with van der Waals surface area (Å²) in [5.41, 5.74) is 23.5. The van der Waals surface area contributed by atoms with E-state index in [1.807, 2.05) is 49.7 Å². The fraction of sp³-hybridized carbons (Fsp3) is 0.456. The largest absolute Gasteiger partial charge is 0.441 e. The van der Waals surface area contributed by atoms with Gasteiger partial charge in [-0.25, -0.2) is 39.1 Å². The van der Waals surface area contributed by atoms with E-state index in [1.54, 1.807) is 75.1 Å². The van der Waals surface area contributed by atoms with Gasteiger partial charge in [-0.3, -0.25) is 9.88 Å². The smallest absolute Gasteiger partial charge is 0.323 e. The van der Waals surface area contributed by atoms with Gasteiger partial charge in [0.15, 0.2) is 17.6 Å². The number of amides is 2. The number of rotatable bonds is 12. The minimum absolute atomic E-state index is 0. The molecule has 0 radical (unpaired) electrons. The maximum Gasteiger partial charge on any atom is 0.323 e. The van der Waals surface area contributed by atoms with Gasteiger partial charge in [-0.05, 0) is 179 Å². The van der Waals surface area contributed by atoms with Crippen LogP contribution < -0.4 is 15.0 Å². The summed E-state index contributed by atoms with van der Waals surface area (Å²) in [5, 5.41) is 16.5. The van der Waals surface area contributed by atoms with Crippen LogP contribution in [0.4, 0.5) is 16.2 Å². The molecule has 0 saturated carbocycles. The third kappa shape index (κ3) is 20.3. The van der Waals surface area contributed by atoms with E-state index in [9.17, 15) is 4.79 Å². The molecule has 0 unspecified atom stereocenters. The lowest BCUT2D eigenvalue weighted by Gasteiger charge is -2.23. The molecule has 13 aromatic rings. The van der Waals surface area contributed by atoms with Gasteiger partial charge in [-0.2, -0.15) is 14.6 Å². The second-order valence-electron chi connectivity index (χ2n) is 30.6. The average molecular weight is 1560 g/mol. The van der Waals surface area contributed by atoms with Crippen molar-refractivity contribution in [1.29, 1.82) is 0 Å². The minimum atomic E-state index is -1.31. The fourth-order valence-electron chi connectivity index (χ4n) is 14.2. The van der Waals surface area contributed by atoms with Gasteiger partial charge in [-0.1, -0.05) is 196 Å². The van der Waals surface area contributed by atoms with E-state index in [2.05, 4.69) is 260 Å². The molecule has 0 atom stereocenters. The van der Waals surface area contributed by atoms with Crippen LogP contribution in [0.25, 0.3) is 54.9 Å². The lowest BCUT2D eigenvalue weighted by atomic mass is 9.95. The molecule has 0 spiro atoms. The molecule has 5 aromatic carbocycles. The zero-order valence-electron chi connectivity index (χ0n) is 66.1. The summed E-state index contributed by atoms with van der Waals surface area (Å²) < 4.78 is 24.3. The number of aromatic nitrogens is 14. The predicted molar refractivity (Wildman–Crippen MR) is 475 cm³/mol. The van der Waals surface area contributed by atoms with Gasteiger partial charge in [0.05, 0.1) is 60.1 Å². The first-order chi connectivity index (χ1) is 50.7. The van der Waals surface area contributed by atoms with E-state index in [4.69, 9.17) is 8.94 Å². The van der Waals surface area contributed by atoms with Gasteiger partial charge in [0, 0.05) is 87.1 Å². The summed E-state index contributed by atoms with van der Waals surface area (Å²) in [6.07, 6.45) is 22.1. The van der Waals surface area contributed by atoms with Gasteiger partial charge < -0.3 is 27.9 Å². The maximum absolute atomic E-state index is 12.0. The molecule has 11 heterocycles. The summed E-state index contributed by atoms with van der Waals surface area (Å²) in [4.78, 5) is 43.9. The standard InChI is InChI=1S/C18H26N2Si.C15H17N3S.C14H20N2O.2C13H14N4O.C11H16N2.6CH4/c1-6-14-11-20(12-19-14)17-8-7-15(13(2)3)16-9-10-21(4,5)18(16)17;1-4-11-8-18(9-16-11)14-6-5-12(10(2)3)13-7-17-19-15(13)14;1-10(2)11-5-6-13-12(9-11)7-8-16(13)14(17)15(3)4;1-8(2)10-4-5-12(13-11(10)6-15-18-13)17-7-14-9(3)16-17;1-8(2)10-4-5-11(13-12(10)15-7-18-13)17-6-14-9(3)16-17;1-8(2)9-4-5-11-10(12-9)6-7-13(11)3;;;;;;/h7-8,11-13H,6,9-10H2,1-5H3;5-10H,4H2,1-3H3;5-6,9-10H,7-8H2,1-4H3;2*4-8H,1-3H3;4-5,8H,6-7H2,1-3H3;6*1H4. The van der Waals surface area contributed by atoms with Crippen molar-refractivity contribution in [2.45, 2.75) is 242 Å². The van der Waals surface area contributed by atoms with E-state index in [1.165, 1.54) is 90.9 Å². The second kappa shape index (κ2) is 40.0. The van der Waals surface area contributed by atoms with Crippen molar-refractivity contribution in [2.24, 2.45) is 0 Å². The van der Waals surface area contributed by atoms with E-state index in [0.29, 0.717) is 35.5 Å². The normalized spacial score (nSPS) is 12.7. The fourth-order valence-corrected chi connectivity index (χ4v) is 18.1. The van der Waals surface area contributed by atoms with Gasteiger partial charge in [-0.15, -0.1) is 0 Å². The van der Waals surface area contributed by atoms with Gasteiger partial charge in [0.25, 0.3) is 0 Å². The summed E-state index contributed by atoms with van der Waals surface area (Å²) >= 11 is 1.56. The van der Waals surface area contributed by atoms with Crippen molar-refractivity contribution in [2.75, 3.05) is 44.0 Å². The summed E-state index contributed by atoms with van der Waals surface area (Å²) in [6.45, 7) is 41.4. The number of benzene rings is 5. The van der Waals surface area contributed by atoms with Crippen LogP contribution in [0.2, 0.25) is 19.1 Å². The molecule has 3 aliphatic rings. The van der Waals surface area contributed by atoms with Crippen LogP contribution in [0.3, 0.4) is 0 Å². The molecule has 3 aliphatic heterocycles. The molecule has 8 aromatic heterocycles. The highest BCUT2D eigenvalue weighted by atomic mass is 32.1. The molecule has 20 nitrogen and oxygen atoms in total. The van der Waals surface area contributed by atoms with Gasteiger partial charge >= 0.3 is 6.03 Å². The van der Waals surface area contributed by atoms with Gasteiger partial charge in [0.1, 0.15) is 41.2 Å². The van der Waals surface area contributed by atoms with E-state index < -0.39 is 8.07 Å². The molecule has 0 bridgehead atoms. The molecule has 604 valence electrons. The van der Waals surface area contributed by atoms with E-state index >= 15 is 0 Å². The molecule has 2 amide bonds. The van der Waals surface area contributed by atoms with Crippen LogP contribution in [0.1, 0.15) is 250 Å². The number of fused-ring (bicyclic) bond motifs is 6. The van der Waals surface area contributed by atoms with Crippen molar-refractivity contribution in [3.8, 4) is 22.7 Å². The number of imidazole rings is 2. The first-order valence-electron chi connectivity index (χ1n) is 37.6. The Morgan fingerprint density at radius 3 is 1.63 bits per heavy atom. The second-order valence-corrected chi connectivity index (χ2v) is 36.2. The summed E-state index contributed by atoms with van der Waals surface area (Å²) in [7, 11) is 4.40. The molecule has 0 aliphatic carbocycles. The predicted octanol–water partition coefficient (Wildman–Crippen LogP) is 22.7. The van der Waals surface area contributed by atoms with E-state index in [0.717, 1.165) is 95.2 Å². The maximum atomic E-state index is 12.0. The minimum Gasteiger partial charge on any atom is -0.441 e. The Morgan fingerprint density at radius 2 is 1.09 bits per heavy atom. The zero-order chi connectivity index (χ0) is 76.0. The van der Waals surface area contributed by atoms with Crippen molar-refractivity contribution in [1.82, 2.24) is 73.0 Å². The topological polar surface area (TPSA) is 202 Å². The summed E-state index contributed by atoms with van der Waals surface area (Å²) in [6, 6.07) is 29.5. The monoisotopic (exact) mass is 1560 g/mol. The first kappa shape index (κ1) is 92.7. The molecule has 16 rings (SSSR count). The molecular formula is C90H131N17O3SSi. The Balaban J connectivity index is 0.000000239. The lowest BCUT2D eigenvalue weighted by molar-refractivity contribution is 0.224. The Kier molecular flexibility index (Phi) is 33.1. The first-order valence-corrected chi connectivity index (χ1v) is 41.6. The Morgan fingerprint density at radius 1 is 0.554 bits per heavy atom. The van der Waals surface area contributed by atoms with Gasteiger partial charge in [0.2, 0.25) is 0 Å². The number of hydrogen-bond donors (Lipinski definition) is 0. The quantitative estimate of drug-likeness (QED) is 0.105. The van der Waals surface area contributed by atoms with Crippen molar-refractivity contribution < 1.29 is 13.7 Å². The molecule has 0 N–H and O–H groups in total. The summed E-state index contributed by atoms with van der Waals surface area (Å²) in [5.74, 6) is 4.51. The molecule has 0 saturated heterocycles. The Labute approximate surface area is 674 Å². The highest BCUT2D eigenvalue weighted by Gasteiger charge is 2.37. The number of anilines is 2. The lowest BCUT2D eigenvalue weighted by Crippen LogP contribution is -2.40. The van der Waals surface area contributed by atoms with Crippen LogP contribution in [0.5, 0.6) is 0 Å². The average Bonchev–Trinajstić information content (AvgIpc) is 1.59. The number of urea groups is 1. The molecule has 0 fully saturated rings.